The third-order valence-electron chi connectivity index (χ3n) is 4.26. The van der Waals surface area contributed by atoms with Crippen LogP contribution < -0.4 is 0 Å². The van der Waals surface area contributed by atoms with E-state index in [4.69, 9.17) is 4.74 Å². The first-order valence-electron chi connectivity index (χ1n) is 7.60. The van der Waals surface area contributed by atoms with Crippen LogP contribution in [0.25, 0.3) is 0 Å². The van der Waals surface area contributed by atoms with Crippen molar-refractivity contribution in [3.05, 3.63) is 71.8 Å². The Kier molecular flexibility index (Phi) is 5.45. The molecule has 4 heteroatoms. The molecule has 1 fully saturated rings. The molecule has 1 unspecified atom stereocenters. The maximum Gasteiger partial charge on any atom is 0.321 e. The Labute approximate surface area is 143 Å². The number of hydrogen-bond acceptors (Lipinski definition) is 3. The summed E-state index contributed by atoms with van der Waals surface area (Å²) in [6.07, 6.45) is 0.598. The summed E-state index contributed by atoms with van der Waals surface area (Å²) in [6, 6.07) is 19.9. The summed E-state index contributed by atoms with van der Waals surface area (Å²) in [5, 5.41) is 0. The molecule has 0 bridgehead atoms. The zero-order valence-electron chi connectivity index (χ0n) is 13.4. The van der Waals surface area contributed by atoms with E-state index in [1.54, 1.807) is 0 Å². The summed E-state index contributed by atoms with van der Waals surface area (Å²) < 4.78 is 5.72. The van der Waals surface area contributed by atoms with Gasteiger partial charge in [-0.2, -0.15) is 0 Å². The maximum atomic E-state index is 12.8. The number of halogens is 1. The van der Waals surface area contributed by atoms with Crippen molar-refractivity contribution >= 4 is 18.4 Å². The Morgan fingerprint density at radius 1 is 1.00 bits per heavy atom. The molecule has 0 saturated carbocycles. The molecule has 1 aliphatic rings. The minimum Gasteiger partial charge on any atom is -0.460 e. The van der Waals surface area contributed by atoms with Crippen LogP contribution in [0.5, 0.6) is 0 Å². The van der Waals surface area contributed by atoms with E-state index in [1.165, 1.54) is 0 Å². The van der Waals surface area contributed by atoms with E-state index in [-0.39, 0.29) is 24.5 Å². The molecule has 2 aromatic carbocycles. The zero-order valence-corrected chi connectivity index (χ0v) is 14.3. The van der Waals surface area contributed by atoms with Gasteiger partial charge in [0.05, 0.1) is 0 Å². The number of benzene rings is 2. The van der Waals surface area contributed by atoms with Gasteiger partial charge in [-0.15, -0.1) is 12.4 Å². The van der Waals surface area contributed by atoms with Gasteiger partial charge in [0, 0.05) is 13.0 Å². The lowest BCUT2D eigenvalue weighted by atomic mass is 9.72. The van der Waals surface area contributed by atoms with Gasteiger partial charge < -0.3 is 9.64 Å². The number of cyclic esters (lactones) is 1. The number of likely N-dealkylation sites (N-methyl/N-ethyl adjacent to an activating group) is 1. The molecule has 2 aromatic rings. The third-order valence-corrected chi connectivity index (χ3v) is 4.26. The van der Waals surface area contributed by atoms with Crippen LogP contribution in [0, 0.1) is 0 Å². The molecule has 0 aromatic heterocycles. The van der Waals surface area contributed by atoms with E-state index in [9.17, 15) is 4.79 Å². The Morgan fingerprint density at radius 2 is 1.48 bits per heavy atom. The first-order valence-corrected chi connectivity index (χ1v) is 7.60. The largest absolute Gasteiger partial charge is 0.460 e. The lowest BCUT2D eigenvalue weighted by Gasteiger charge is -2.26. The highest BCUT2D eigenvalue weighted by Crippen LogP contribution is 2.43. The second-order valence-corrected chi connectivity index (χ2v) is 6.13. The number of carbonyl (C=O) groups excluding carboxylic acids is 1. The molecule has 0 amide bonds. The third kappa shape index (κ3) is 3.26. The second kappa shape index (κ2) is 7.16. The van der Waals surface area contributed by atoms with E-state index < -0.39 is 5.41 Å². The zero-order chi connectivity index (χ0) is 15.6. The number of esters is 1. The van der Waals surface area contributed by atoms with Crippen LogP contribution in [-0.4, -0.2) is 37.6 Å². The number of ether oxygens (including phenoxy) is 1. The Hall–Kier alpha value is -1.84. The van der Waals surface area contributed by atoms with E-state index in [2.05, 4.69) is 4.90 Å². The van der Waals surface area contributed by atoms with Crippen molar-refractivity contribution in [2.45, 2.75) is 17.9 Å². The van der Waals surface area contributed by atoms with Crippen LogP contribution in [-0.2, 0) is 14.9 Å². The van der Waals surface area contributed by atoms with E-state index in [0.717, 1.165) is 17.7 Å². The summed E-state index contributed by atoms with van der Waals surface area (Å²) in [5.41, 5.74) is 1.32. The van der Waals surface area contributed by atoms with Gasteiger partial charge in [-0.05, 0) is 25.2 Å². The Balaban J connectivity index is 0.00000192. The minimum absolute atomic E-state index is 0. The lowest BCUT2D eigenvalue weighted by molar-refractivity contribution is -0.144. The molecule has 0 spiro atoms. The molecular weight excluding hydrogens is 310 g/mol. The van der Waals surface area contributed by atoms with Gasteiger partial charge in [0.15, 0.2) is 0 Å². The van der Waals surface area contributed by atoms with E-state index in [0.29, 0.717) is 6.42 Å². The predicted molar refractivity (Wildman–Crippen MR) is 94.0 cm³/mol. The summed E-state index contributed by atoms with van der Waals surface area (Å²) in [7, 11) is 4.00. The first-order chi connectivity index (χ1) is 10.6. The maximum absolute atomic E-state index is 12.8. The summed E-state index contributed by atoms with van der Waals surface area (Å²) in [4.78, 5) is 14.9. The highest BCUT2D eigenvalue weighted by atomic mass is 35.5. The van der Waals surface area contributed by atoms with Crippen LogP contribution in [0.3, 0.4) is 0 Å². The average molecular weight is 332 g/mol. The number of rotatable bonds is 4. The number of hydrogen-bond donors (Lipinski definition) is 0. The van der Waals surface area contributed by atoms with Gasteiger partial charge in [0.1, 0.15) is 11.5 Å². The summed E-state index contributed by atoms with van der Waals surface area (Å²) >= 11 is 0. The molecule has 0 N–H and O–H groups in total. The standard InChI is InChI=1S/C19H21NO2.ClH/c1-20(2)14-17-13-19(18(21)22-17,15-9-5-3-6-10-15)16-11-7-4-8-12-16;/h3-12,17H,13-14H2,1-2H3;1H. The topological polar surface area (TPSA) is 29.5 Å². The van der Waals surface area contributed by atoms with Crippen molar-refractivity contribution in [1.82, 2.24) is 4.90 Å². The van der Waals surface area contributed by atoms with Crippen LogP contribution in [0.15, 0.2) is 60.7 Å². The van der Waals surface area contributed by atoms with Gasteiger partial charge in [-0.1, -0.05) is 60.7 Å². The molecule has 23 heavy (non-hydrogen) atoms. The van der Waals surface area contributed by atoms with Gasteiger partial charge in [-0.3, -0.25) is 4.79 Å². The van der Waals surface area contributed by atoms with E-state index in [1.807, 2.05) is 74.8 Å². The molecular formula is C19H22ClNO2. The number of nitrogens with zero attached hydrogens (tertiary/aromatic N) is 1. The molecule has 0 radical (unpaired) electrons. The normalized spacial score (nSPS) is 19.3. The van der Waals surface area contributed by atoms with Gasteiger partial charge in [-0.25, -0.2) is 0 Å². The predicted octanol–water partition coefficient (Wildman–Crippen LogP) is 3.27. The molecule has 3 nitrogen and oxygen atoms in total. The monoisotopic (exact) mass is 331 g/mol. The van der Waals surface area contributed by atoms with Crippen molar-refractivity contribution in [3.63, 3.8) is 0 Å². The first kappa shape index (κ1) is 17.5. The fraction of sp³-hybridized carbons (Fsp3) is 0.316. The molecule has 3 rings (SSSR count). The summed E-state index contributed by atoms with van der Waals surface area (Å²) in [5.74, 6) is -0.142. The molecule has 1 aliphatic heterocycles. The fourth-order valence-electron chi connectivity index (χ4n) is 3.31. The minimum atomic E-state index is -0.691. The van der Waals surface area contributed by atoms with Crippen molar-refractivity contribution < 1.29 is 9.53 Å². The van der Waals surface area contributed by atoms with Crippen LogP contribution in [0.4, 0.5) is 0 Å². The van der Waals surface area contributed by atoms with Crippen LogP contribution in [0.1, 0.15) is 17.5 Å². The summed E-state index contributed by atoms with van der Waals surface area (Å²) in [6.45, 7) is 0.743. The highest BCUT2D eigenvalue weighted by molar-refractivity contribution is 5.89. The average Bonchev–Trinajstić information content (AvgIpc) is 2.85. The van der Waals surface area contributed by atoms with Crippen molar-refractivity contribution in [2.24, 2.45) is 0 Å². The molecule has 1 saturated heterocycles. The van der Waals surface area contributed by atoms with Gasteiger partial charge in [0.25, 0.3) is 0 Å². The van der Waals surface area contributed by atoms with Crippen molar-refractivity contribution in [1.29, 1.82) is 0 Å². The Bertz CT molecular complexity index is 603. The quantitative estimate of drug-likeness (QED) is 0.805. The molecule has 1 atom stereocenters. The van der Waals surface area contributed by atoms with Crippen LogP contribution >= 0.6 is 12.4 Å². The Morgan fingerprint density at radius 3 is 1.91 bits per heavy atom. The molecule has 0 aliphatic carbocycles. The fourth-order valence-corrected chi connectivity index (χ4v) is 3.31. The second-order valence-electron chi connectivity index (χ2n) is 6.13. The number of carbonyl (C=O) groups is 1. The van der Waals surface area contributed by atoms with Crippen molar-refractivity contribution in [3.8, 4) is 0 Å². The molecule has 122 valence electrons. The highest BCUT2D eigenvalue weighted by Gasteiger charge is 2.51. The van der Waals surface area contributed by atoms with Gasteiger partial charge in [0.2, 0.25) is 0 Å². The smallest absolute Gasteiger partial charge is 0.321 e. The molecule has 1 heterocycles. The van der Waals surface area contributed by atoms with E-state index >= 15 is 0 Å². The van der Waals surface area contributed by atoms with Crippen molar-refractivity contribution in [2.75, 3.05) is 20.6 Å². The lowest BCUT2D eigenvalue weighted by Crippen LogP contribution is -2.33. The van der Waals surface area contributed by atoms with Gasteiger partial charge >= 0.3 is 5.97 Å². The van der Waals surface area contributed by atoms with Crippen LogP contribution in [0.2, 0.25) is 0 Å². The SMILES string of the molecule is CN(C)CC1CC(c2ccccc2)(c2ccccc2)C(=O)O1.Cl.